The first kappa shape index (κ1) is 9.56. The van der Waals surface area contributed by atoms with Gasteiger partial charge in [-0.1, -0.05) is 0 Å². The van der Waals surface area contributed by atoms with E-state index < -0.39 is 7.82 Å². The molecule has 0 aliphatic heterocycles. The first-order valence-electron chi connectivity index (χ1n) is 0.730. The summed E-state index contributed by atoms with van der Waals surface area (Å²) in [4.78, 5) is 25.6. The van der Waals surface area contributed by atoms with Gasteiger partial charge in [0.15, 0.2) is 0 Å². The second-order valence-corrected chi connectivity index (χ2v) is 1.34. The van der Waals surface area contributed by atoms with Crippen LogP contribution in [0, 0.1) is 0 Å². The first-order chi connectivity index (χ1) is 2.00. The largest absolute Gasteiger partial charge is 2.00 e. The van der Waals surface area contributed by atoms with E-state index in [1.807, 2.05) is 0 Å². The van der Waals surface area contributed by atoms with Crippen molar-refractivity contribution >= 4 is 17.9 Å². The first-order valence-corrected chi connectivity index (χ1v) is 2.19. The fraction of sp³-hybridized carbons (Fsp3) is 0. The maximum Gasteiger partial charge on any atom is 2.00 e. The van der Waals surface area contributed by atoms with Gasteiger partial charge in [0.05, 0.1) is 0 Å². The molecule has 0 rings (SSSR count). The summed E-state index contributed by atoms with van der Waals surface area (Å²) in [7, 11) is -5.39. The zero-order valence-corrected chi connectivity index (χ0v) is 3.68. The average Bonchev–Trinajstić information content (AvgIpc) is 0.722. The predicted octanol–water partition coefficient (Wildman–Crippen LogP) is -3.21. The van der Waals surface area contributed by atoms with Crippen molar-refractivity contribution in [1.29, 1.82) is 0 Å². The molecule has 0 heterocycles. The topological polar surface area (TPSA) is 86.2 Å². The maximum atomic E-state index is 8.55. The Balaban J connectivity index is 0. The van der Waals surface area contributed by atoms with Crippen molar-refractivity contribution in [2.75, 3.05) is 0 Å². The van der Waals surface area contributed by atoms with Gasteiger partial charge < -0.3 is 19.2 Å². The Morgan fingerprint density at radius 2 is 1.17 bits per heavy atom. The molecule has 0 spiro atoms. The predicted molar refractivity (Wildman–Crippen MR) is 13.4 cm³/mol. The summed E-state index contributed by atoms with van der Waals surface area (Å²) >= 11 is 0. The molecule has 6 heteroatoms. The summed E-state index contributed by atoms with van der Waals surface area (Å²) in [6.07, 6.45) is 0. The van der Waals surface area contributed by atoms with E-state index in [1.165, 1.54) is 0 Å². The molecule has 0 amide bonds. The third kappa shape index (κ3) is 592. The van der Waals surface area contributed by atoms with Gasteiger partial charge in [-0.25, -0.2) is 0 Å². The van der Waals surface area contributed by atoms with Gasteiger partial charge >= 0.3 is 10.1 Å². The molecule has 0 aliphatic carbocycles. The van der Waals surface area contributed by atoms with Gasteiger partial charge in [0.25, 0.3) is 0 Å². The number of hydrogen-bond acceptors (Lipinski definition) is 4. The molecule has 0 saturated heterocycles. The minimum atomic E-state index is -5.39. The molecule has 0 N–H and O–H groups in total. The molecule has 0 saturated carbocycles. The van der Waals surface area contributed by atoms with Crippen LogP contribution in [0.15, 0.2) is 0 Å². The van der Waals surface area contributed by atoms with E-state index in [9.17, 15) is 0 Å². The van der Waals surface area contributed by atoms with Crippen LogP contribution >= 0.6 is 7.82 Å². The van der Waals surface area contributed by atoms with Gasteiger partial charge in [0.2, 0.25) is 0 Å². The molecule has 0 aliphatic rings. The molecular formula is BeO4P-. The molecule has 0 radical (unpaired) electrons. The molecule has 0 aromatic heterocycles. The van der Waals surface area contributed by atoms with E-state index in [1.54, 1.807) is 0 Å². The van der Waals surface area contributed by atoms with Crippen molar-refractivity contribution < 1.29 is 19.2 Å². The van der Waals surface area contributed by atoms with Crippen LogP contribution in [0.3, 0.4) is 0 Å². The van der Waals surface area contributed by atoms with Crippen molar-refractivity contribution in [2.45, 2.75) is 0 Å². The SMILES string of the molecule is O=P([O-])([O-])[O-].[Be+2]. The fourth-order valence-corrected chi connectivity index (χ4v) is 0. The summed E-state index contributed by atoms with van der Waals surface area (Å²) < 4.78 is 8.55. The van der Waals surface area contributed by atoms with Crippen LogP contribution < -0.4 is 14.7 Å². The third-order valence-electron chi connectivity index (χ3n) is 0. The van der Waals surface area contributed by atoms with Crippen LogP contribution in [0.25, 0.3) is 0 Å². The minimum Gasteiger partial charge on any atom is -0.822 e. The van der Waals surface area contributed by atoms with Crippen molar-refractivity contribution in [3.63, 3.8) is 0 Å². The Morgan fingerprint density at radius 3 is 1.17 bits per heavy atom. The fourth-order valence-electron chi connectivity index (χ4n) is 0. The summed E-state index contributed by atoms with van der Waals surface area (Å²) in [6.45, 7) is 0. The smallest absolute Gasteiger partial charge is 0.822 e. The Kier molecular flexibility index (Phi) is 3.90. The van der Waals surface area contributed by atoms with E-state index in [2.05, 4.69) is 0 Å². The van der Waals surface area contributed by atoms with Crippen LogP contribution in [-0.4, -0.2) is 10.1 Å². The van der Waals surface area contributed by atoms with Gasteiger partial charge in [-0.3, -0.25) is 0 Å². The normalized spacial score (nSPS) is 9.83. The molecule has 0 unspecified atom stereocenters. The summed E-state index contributed by atoms with van der Waals surface area (Å²) in [5.74, 6) is 0. The van der Waals surface area contributed by atoms with Crippen molar-refractivity contribution in [3.8, 4) is 0 Å². The van der Waals surface area contributed by atoms with Gasteiger partial charge in [0, 0.05) is 0 Å². The summed E-state index contributed by atoms with van der Waals surface area (Å²) in [5.41, 5.74) is 0. The van der Waals surface area contributed by atoms with Crippen molar-refractivity contribution in [3.05, 3.63) is 0 Å². The molecule has 0 aromatic rings. The Hall–Kier alpha value is 0.279. The van der Waals surface area contributed by atoms with E-state index in [-0.39, 0.29) is 10.1 Å². The van der Waals surface area contributed by atoms with Crippen molar-refractivity contribution in [1.82, 2.24) is 0 Å². The van der Waals surface area contributed by atoms with Gasteiger partial charge in [-0.05, 0) is 0 Å². The van der Waals surface area contributed by atoms with Crippen molar-refractivity contribution in [2.24, 2.45) is 0 Å². The zero-order valence-electron chi connectivity index (χ0n) is 2.79. The molecule has 0 atom stereocenters. The quantitative estimate of drug-likeness (QED) is 0.239. The Labute approximate surface area is 38.3 Å². The average molecular weight is 104 g/mol. The summed E-state index contributed by atoms with van der Waals surface area (Å²) in [5, 5.41) is 0. The number of phosphoric acid groups is 1. The van der Waals surface area contributed by atoms with Crippen LogP contribution in [-0.2, 0) is 4.57 Å². The third-order valence-corrected chi connectivity index (χ3v) is 0. The molecule has 6 heavy (non-hydrogen) atoms. The van der Waals surface area contributed by atoms with Gasteiger partial charge in [0.1, 0.15) is 0 Å². The minimum absolute atomic E-state index is 0. The number of rotatable bonds is 0. The molecule has 0 bridgehead atoms. The zero-order chi connectivity index (χ0) is 4.50. The number of hydrogen-bond donors (Lipinski definition) is 0. The monoisotopic (exact) mass is 104 g/mol. The molecule has 4 nitrogen and oxygen atoms in total. The Morgan fingerprint density at radius 1 is 1.17 bits per heavy atom. The second kappa shape index (κ2) is 2.45. The second-order valence-electron chi connectivity index (χ2n) is 0.447. The van der Waals surface area contributed by atoms with Gasteiger partial charge in [-0.2, -0.15) is 7.82 Å². The maximum absolute atomic E-state index is 8.55. The molecule has 0 aromatic carbocycles. The molecule has 0 fully saturated rings. The van der Waals surface area contributed by atoms with Crippen LogP contribution in [0.5, 0.6) is 0 Å². The van der Waals surface area contributed by atoms with E-state index in [0.717, 1.165) is 0 Å². The van der Waals surface area contributed by atoms with Crippen LogP contribution in [0.1, 0.15) is 0 Å². The standard InChI is InChI=1S/Be.H3O4P/c;1-5(2,3)4/h;(H3,1,2,3,4)/q+2;/p-3. The molecule has 32 valence electrons. The van der Waals surface area contributed by atoms with E-state index in [0.29, 0.717) is 0 Å². The van der Waals surface area contributed by atoms with Crippen LogP contribution in [0.2, 0.25) is 0 Å². The van der Waals surface area contributed by atoms with E-state index in [4.69, 9.17) is 19.2 Å². The van der Waals surface area contributed by atoms with E-state index >= 15 is 0 Å². The van der Waals surface area contributed by atoms with Gasteiger partial charge in [-0.15, -0.1) is 0 Å². The molecular weight excluding hydrogens is 104 g/mol. The summed E-state index contributed by atoms with van der Waals surface area (Å²) in [6, 6.07) is 0. The van der Waals surface area contributed by atoms with Crippen LogP contribution in [0.4, 0.5) is 0 Å². The Bertz CT molecular complexity index is 53.7.